The monoisotopic (exact) mass is 446 g/mol. The van der Waals surface area contributed by atoms with E-state index < -0.39 is 49.2 Å². The highest BCUT2D eigenvalue weighted by Gasteiger charge is 2.18. The number of benzene rings is 2. The maximum atomic E-state index is 12.3. The van der Waals surface area contributed by atoms with Gasteiger partial charge in [-0.3, -0.25) is 13.9 Å². The minimum absolute atomic E-state index is 0.0149. The minimum atomic E-state index is -4.95. The second-order valence-corrected chi connectivity index (χ2v) is 7.54. The van der Waals surface area contributed by atoms with Crippen molar-refractivity contribution in [1.82, 2.24) is 0 Å². The Morgan fingerprint density at radius 1 is 0.828 bits per heavy atom. The standard InChI is InChI=1S/C15H10O12S2/c16-9-2-1-7(3-13(9)27-29(22,23)24)12-6-11(18)15-10(17)4-8(5-14(15)25-12)26-28(19,20)21/h1-6,16-17H,(H,19,20,21)(H,22,23,24). The Hall–Kier alpha value is -3.33. The summed E-state index contributed by atoms with van der Waals surface area (Å²) in [6, 6.07) is 5.75. The van der Waals surface area contributed by atoms with Gasteiger partial charge in [0.25, 0.3) is 0 Å². The first kappa shape index (κ1) is 20.4. The van der Waals surface area contributed by atoms with E-state index in [1.54, 1.807) is 0 Å². The van der Waals surface area contributed by atoms with Crippen LogP contribution in [0.4, 0.5) is 0 Å². The van der Waals surface area contributed by atoms with Crippen LogP contribution in [0.1, 0.15) is 0 Å². The molecule has 12 nitrogen and oxygen atoms in total. The van der Waals surface area contributed by atoms with Gasteiger partial charge in [-0.25, -0.2) is 0 Å². The molecule has 14 heteroatoms. The molecule has 0 aliphatic heterocycles. The first-order valence-corrected chi connectivity index (χ1v) is 10.0. The minimum Gasteiger partial charge on any atom is -0.507 e. The van der Waals surface area contributed by atoms with E-state index in [-0.39, 0.29) is 22.3 Å². The van der Waals surface area contributed by atoms with Crippen molar-refractivity contribution in [3.05, 3.63) is 46.6 Å². The van der Waals surface area contributed by atoms with Crippen molar-refractivity contribution < 1.29 is 48.9 Å². The molecule has 0 fully saturated rings. The molecule has 1 aromatic heterocycles. The number of rotatable bonds is 5. The number of hydrogen-bond donors (Lipinski definition) is 4. The summed E-state index contributed by atoms with van der Waals surface area (Å²) in [5, 5.41) is 19.2. The molecule has 0 unspecified atom stereocenters. The largest absolute Gasteiger partial charge is 0.507 e. The van der Waals surface area contributed by atoms with E-state index >= 15 is 0 Å². The van der Waals surface area contributed by atoms with Gasteiger partial charge in [-0.15, -0.1) is 0 Å². The molecule has 154 valence electrons. The van der Waals surface area contributed by atoms with Gasteiger partial charge in [0.1, 0.15) is 22.5 Å². The van der Waals surface area contributed by atoms with Crippen LogP contribution in [-0.2, 0) is 20.8 Å². The summed E-state index contributed by atoms with van der Waals surface area (Å²) in [4.78, 5) is 12.3. The molecule has 29 heavy (non-hydrogen) atoms. The molecular weight excluding hydrogens is 436 g/mol. The summed E-state index contributed by atoms with van der Waals surface area (Å²) < 4.78 is 74.7. The van der Waals surface area contributed by atoms with E-state index in [0.717, 1.165) is 30.3 Å². The summed E-state index contributed by atoms with van der Waals surface area (Å²) in [6.45, 7) is 0. The fourth-order valence-corrected chi connectivity index (χ4v) is 3.10. The van der Waals surface area contributed by atoms with Crippen molar-refractivity contribution >= 4 is 31.8 Å². The third kappa shape index (κ3) is 4.75. The fraction of sp³-hybridized carbons (Fsp3) is 0. The molecule has 3 aromatic rings. The van der Waals surface area contributed by atoms with Crippen LogP contribution in [-0.4, -0.2) is 36.2 Å². The molecule has 0 aliphatic rings. The second kappa shape index (κ2) is 6.93. The van der Waals surface area contributed by atoms with Crippen molar-refractivity contribution in [2.45, 2.75) is 0 Å². The normalized spacial score (nSPS) is 12.1. The highest BCUT2D eigenvalue weighted by atomic mass is 32.3. The van der Waals surface area contributed by atoms with E-state index in [0.29, 0.717) is 0 Å². The highest BCUT2D eigenvalue weighted by molar-refractivity contribution is 7.81. The molecule has 0 radical (unpaired) electrons. The number of hydrogen-bond acceptors (Lipinski definition) is 10. The number of fused-ring (bicyclic) bond motifs is 1. The summed E-state index contributed by atoms with van der Waals surface area (Å²) in [5.41, 5.74) is -1.08. The molecule has 4 N–H and O–H groups in total. The predicted molar refractivity (Wildman–Crippen MR) is 95.6 cm³/mol. The summed E-state index contributed by atoms with van der Waals surface area (Å²) in [7, 11) is -9.87. The van der Waals surface area contributed by atoms with Crippen LogP contribution in [0.25, 0.3) is 22.3 Å². The average molecular weight is 446 g/mol. The van der Waals surface area contributed by atoms with Gasteiger partial charge in [-0.1, -0.05) is 0 Å². The van der Waals surface area contributed by atoms with Gasteiger partial charge >= 0.3 is 20.8 Å². The van der Waals surface area contributed by atoms with Gasteiger partial charge in [0.15, 0.2) is 22.7 Å². The lowest BCUT2D eigenvalue weighted by Gasteiger charge is -2.09. The summed E-state index contributed by atoms with van der Waals surface area (Å²) in [6.07, 6.45) is 0. The zero-order valence-electron chi connectivity index (χ0n) is 13.8. The van der Waals surface area contributed by atoms with Crippen LogP contribution < -0.4 is 13.8 Å². The van der Waals surface area contributed by atoms with Crippen LogP contribution >= 0.6 is 0 Å². The predicted octanol–water partition coefficient (Wildman–Crippen LogP) is 1.23. The Balaban J connectivity index is 2.18. The molecule has 0 amide bonds. The van der Waals surface area contributed by atoms with Crippen LogP contribution in [0.15, 0.2) is 45.6 Å². The van der Waals surface area contributed by atoms with Gasteiger partial charge in [-0.05, 0) is 18.2 Å². The average Bonchev–Trinajstić information content (AvgIpc) is 2.53. The zero-order valence-corrected chi connectivity index (χ0v) is 15.5. The molecule has 2 aromatic carbocycles. The molecule has 3 rings (SSSR count). The van der Waals surface area contributed by atoms with Gasteiger partial charge in [0.2, 0.25) is 0 Å². The topological polar surface area (TPSA) is 198 Å². The van der Waals surface area contributed by atoms with E-state index in [9.17, 15) is 31.8 Å². The molecular formula is C15H10O12S2. The molecule has 0 atom stereocenters. The Morgan fingerprint density at radius 2 is 1.48 bits per heavy atom. The number of phenols is 2. The van der Waals surface area contributed by atoms with Crippen molar-refractivity contribution in [2.75, 3.05) is 0 Å². The van der Waals surface area contributed by atoms with Gasteiger partial charge in [-0.2, -0.15) is 16.8 Å². The van der Waals surface area contributed by atoms with Crippen molar-refractivity contribution in [3.63, 3.8) is 0 Å². The molecule has 0 saturated carbocycles. The van der Waals surface area contributed by atoms with Crippen LogP contribution in [0, 0.1) is 0 Å². The molecule has 0 spiro atoms. The van der Waals surface area contributed by atoms with E-state index in [1.165, 1.54) is 6.07 Å². The quantitative estimate of drug-likeness (QED) is 0.409. The number of aromatic hydroxyl groups is 2. The summed E-state index contributed by atoms with van der Waals surface area (Å²) in [5.74, 6) is -2.76. The highest BCUT2D eigenvalue weighted by Crippen LogP contribution is 2.35. The maximum absolute atomic E-state index is 12.3. The lowest BCUT2D eigenvalue weighted by Crippen LogP contribution is -2.07. The smallest absolute Gasteiger partial charge is 0.446 e. The van der Waals surface area contributed by atoms with Crippen LogP contribution in [0.5, 0.6) is 23.0 Å². The van der Waals surface area contributed by atoms with Gasteiger partial charge in [0, 0.05) is 23.8 Å². The van der Waals surface area contributed by atoms with Gasteiger partial charge < -0.3 is 23.0 Å². The first-order chi connectivity index (χ1) is 13.3. The SMILES string of the molecule is O=c1cc(-c2ccc(O)c(OS(=O)(=O)O)c2)oc2cc(OS(=O)(=O)O)cc(O)c12. The zero-order chi connectivity index (χ0) is 21.6. The lowest BCUT2D eigenvalue weighted by molar-refractivity contribution is 0.371. The molecule has 0 bridgehead atoms. The third-order valence-corrected chi connectivity index (χ3v) is 4.22. The second-order valence-electron chi connectivity index (χ2n) is 5.50. The van der Waals surface area contributed by atoms with Crippen molar-refractivity contribution in [2.24, 2.45) is 0 Å². The fourth-order valence-electron chi connectivity index (χ4n) is 2.40. The Kier molecular flexibility index (Phi) is 4.87. The first-order valence-electron chi connectivity index (χ1n) is 7.30. The Bertz CT molecular complexity index is 1390. The number of phenolic OH excluding ortho intramolecular Hbond substituents is 2. The van der Waals surface area contributed by atoms with E-state index in [1.807, 2.05) is 0 Å². The van der Waals surface area contributed by atoms with Gasteiger partial charge in [0.05, 0.1) is 0 Å². The van der Waals surface area contributed by atoms with Crippen molar-refractivity contribution in [3.8, 4) is 34.3 Å². The lowest BCUT2D eigenvalue weighted by atomic mass is 10.1. The molecule has 0 aliphatic carbocycles. The van der Waals surface area contributed by atoms with Crippen LogP contribution in [0.3, 0.4) is 0 Å². The Morgan fingerprint density at radius 3 is 2.10 bits per heavy atom. The van der Waals surface area contributed by atoms with Crippen molar-refractivity contribution in [1.29, 1.82) is 0 Å². The molecule has 0 saturated heterocycles. The van der Waals surface area contributed by atoms with Crippen LogP contribution in [0.2, 0.25) is 0 Å². The van der Waals surface area contributed by atoms with E-state index in [4.69, 9.17) is 13.5 Å². The Labute approximate surface area is 162 Å². The summed E-state index contributed by atoms with van der Waals surface area (Å²) >= 11 is 0. The third-order valence-electron chi connectivity index (χ3n) is 3.42. The van der Waals surface area contributed by atoms with E-state index in [2.05, 4.69) is 8.37 Å². The maximum Gasteiger partial charge on any atom is 0.446 e. The molecule has 1 heterocycles.